The van der Waals surface area contributed by atoms with Crippen LogP contribution in [-0.2, 0) is 0 Å². The number of rotatable bonds is 2. The van der Waals surface area contributed by atoms with Gasteiger partial charge in [-0.05, 0) is 35.0 Å². The van der Waals surface area contributed by atoms with E-state index in [2.05, 4.69) is 26.2 Å². The Morgan fingerprint density at radius 1 is 1.40 bits per heavy atom. The van der Waals surface area contributed by atoms with Crippen molar-refractivity contribution in [2.75, 3.05) is 13.1 Å². The second-order valence-corrected chi connectivity index (χ2v) is 3.99. The van der Waals surface area contributed by atoms with Gasteiger partial charge >= 0.3 is 0 Å². The highest BCUT2D eigenvalue weighted by Crippen LogP contribution is 2.18. The lowest BCUT2D eigenvalue weighted by molar-refractivity contribution is 0.222. The van der Waals surface area contributed by atoms with Crippen LogP contribution in [0.5, 0.6) is 5.75 Å². The standard InChI is InChI=1S/C9H11BrN2O.2ClH/c10-7-3-9(6-12-4-7)13-8-1-2-11-5-8;;/h3-4,6,8,11H,1-2,5H2;2*1H. The third-order valence-electron chi connectivity index (χ3n) is 2.00. The van der Waals surface area contributed by atoms with Gasteiger partial charge in [0.1, 0.15) is 11.9 Å². The molecule has 1 aliphatic heterocycles. The lowest BCUT2D eigenvalue weighted by Gasteiger charge is -2.11. The van der Waals surface area contributed by atoms with E-state index in [1.165, 1.54) is 0 Å². The van der Waals surface area contributed by atoms with Gasteiger partial charge in [-0.15, -0.1) is 24.8 Å². The highest BCUT2D eigenvalue weighted by atomic mass is 79.9. The van der Waals surface area contributed by atoms with E-state index in [-0.39, 0.29) is 24.8 Å². The summed E-state index contributed by atoms with van der Waals surface area (Å²) < 4.78 is 6.66. The molecule has 86 valence electrons. The molecule has 1 fully saturated rings. The molecule has 3 nitrogen and oxygen atoms in total. The van der Waals surface area contributed by atoms with Crippen LogP contribution in [-0.4, -0.2) is 24.2 Å². The van der Waals surface area contributed by atoms with Crippen molar-refractivity contribution in [2.45, 2.75) is 12.5 Å². The van der Waals surface area contributed by atoms with E-state index in [9.17, 15) is 0 Å². The SMILES string of the molecule is Brc1cncc(OC2CCNC2)c1.Cl.Cl. The molecule has 0 saturated carbocycles. The van der Waals surface area contributed by atoms with Gasteiger partial charge in [0, 0.05) is 17.2 Å². The summed E-state index contributed by atoms with van der Waals surface area (Å²) in [5, 5.41) is 3.25. The number of ether oxygens (including phenoxy) is 1. The van der Waals surface area contributed by atoms with Gasteiger partial charge in [-0.2, -0.15) is 0 Å². The Morgan fingerprint density at radius 2 is 2.20 bits per heavy atom. The van der Waals surface area contributed by atoms with Gasteiger partial charge < -0.3 is 10.1 Å². The van der Waals surface area contributed by atoms with Crippen molar-refractivity contribution in [2.24, 2.45) is 0 Å². The third-order valence-corrected chi connectivity index (χ3v) is 2.43. The molecule has 0 aliphatic carbocycles. The summed E-state index contributed by atoms with van der Waals surface area (Å²) in [7, 11) is 0. The van der Waals surface area contributed by atoms with Crippen molar-refractivity contribution < 1.29 is 4.74 Å². The first-order valence-electron chi connectivity index (χ1n) is 4.32. The minimum absolute atomic E-state index is 0. The number of hydrogen-bond acceptors (Lipinski definition) is 3. The number of pyridine rings is 1. The average Bonchev–Trinajstić information content (AvgIpc) is 2.57. The molecule has 1 N–H and O–H groups in total. The van der Waals surface area contributed by atoms with Gasteiger partial charge in [0.2, 0.25) is 0 Å². The zero-order chi connectivity index (χ0) is 9.10. The lowest BCUT2D eigenvalue weighted by Crippen LogP contribution is -2.19. The highest BCUT2D eigenvalue weighted by Gasteiger charge is 2.15. The van der Waals surface area contributed by atoms with Crippen molar-refractivity contribution in [3.8, 4) is 5.75 Å². The van der Waals surface area contributed by atoms with E-state index in [4.69, 9.17) is 4.74 Å². The van der Waals surface area contributed by atoms with Crippen LogP contribution in [0.2, 0.25) is 0 Å². The first kappa shape index (κ1) is 15.0. The fourth-order valence-corrected chi connectivity index (χ4v) is 1.72. The van der Waals surface area contributed by atoms with Crippen molar-refractivity contribution in [1.29, 1.82) is 0 Å². The predicted molar refractivity (Wildman–Crippen MR) is 68.3 cm³/mol. The largest absolute Gasteiger partial charge is 0.487 e. The zero-order valence-electron chi connectivity index (χ0n) is 7.98. The van der Waals surface area contributed by atoms with Crippen LogP contribution in [0.4, 0.5) is 0 Å². The van der Waals surface area contributed by atoms with E-state index >= 15 is 0 Å². The summed E-state index contributed by atoms with van der Waals surface area (Å²) in [5.74, 6) is 0.836. The maximum atomic E-state index is 5.70. The van der Waals surface area contributed by atoms with E-state index in [0.29, 0.717) is 6.10 Å². The molecule has 0 aromatic carbocycles. The summed E-state index contributed by atoms with van der Waals surface area (Å²) in [6.45, 7) is 1.98. The molecule has 1 saturated heterocycles. The maximum absolute atomic E-state index is 5.70. The molecule has 2 rings (SSSR count). The van der Waals surface area contributed by atoms with E-state index in [1.54, 1.807) is 12.4 Å². The van der Waals surface area contributed by atoms with Crippen molar-refractivity contribution in [1.82, 2.24) is 10.3 Å². The molecule has 0 spiro atoms. The van der Waals surface area contributed by atoms with E-state index in [0.717, 1.165) is 29.7 Å². The molecule has 15 heavy (non-hydrogen) atoms. The van der Waals surface area contributed by atoms with E-state index in [1.807, 2.05) is 6.07 Å². The smallest absolute Gasteiger partial charge is 0.139 e. The van der Waals surface area contributed by atoms with Crippen molar-refractivity contribution in [3.63, 3.8) is 0 Å². The maximum Gasteiger partial charge on any atom is 0.139 e. The monoisotopic (exact) mass is 314 g/mol. The Labute approximate surface area is 110 Å². The topological polar surface area (TPSA) is 34.1 Å². The highest BCUT2D eigenvalue weighted by molar-refractivity contribution is 9.10. The minimum atomic E-state index is 0. The Bertz CT molecular complexity index is 295. The zero-order valence-corrected chi connectivity index (χ0v) is 11.2. The van der Waals surface area contributed by atoms with Gasteiger partial charge in [0.15, 0.2) is 0 Å². The molecular formula is C9H13BrCl2N2O. The van der Waals surface area contributed by atoms with Crippen LogP contribution in [0.3, 0.4) is 0 Å². The predicted octanol–water partition coefficient (Wildman–Crippen LogP) is 2.43. The number of hydrogen-bond donors (Lipinski definition) is 1. The van der Waals surface area contributed by atoms with Gasteiger partial charge in [0.05, 0.1) is 6.20 Å². The van der Waals surface area contributed by atoms with Crippen LogP contribution in [0.1, 0.15) is 6.42 Å². The normalized spacial score (nSPS) is 18.9. The average molecular weight is 316 g/mol. The molecule has 1 atom stereocenters. The van der Waals surface area contributed by atoms with Crippen LogP contribution in [0.25, 0.3) is 0 Å². The fourth-order valence-electron chi connectivity index (χ4n) is 1.38. The Morgan fingerprint density at radius 3 is 2.80 bits per heavy atom. The Balaban J connectivity index is 0.000000980. The third kappa shape index (κ3) is 4.55. The van der Waals surface area contributed by atoms with Crippen LogP contribution in [0, 0.1) is 0 Å². The molecule has 0 bridgehead atoms. The summed E-state index contributed by atoms with van der Waals surface area (Å²) in [4.78, 5) is 4.03. The first-order chi connectivity index (χ1) is 6.34. The quantitative estimate of drug-likeness (QED) is 0.910. The Hall–Kier alpha value is -0.0300. The van der Waals surface area contributed by atoms with Gasteiger partial charge in [0.25, 0.3) is 0 Å². The van der Waals surface area contributed by atoms with Gasteiger partial charge in [-0.1, -0.05) is 0 Å². The summed E-state index contributed by atoms with van der Waals surface area (Å²) in [6, 6.07) is 1.94. The molecule has 6 heteroatoms. The molecule has 2 heterocycles. The van der Waals surface area contributed by atoms with Gasteiger partial charge in [-0.3, -0.25) is 4.98 Å². The van der Waals surface area contributed by atoms with E-state index < -0.39 is 0 Å². The summed E-state index contributed by atoms with van der Waals surface area (Å²) in [6.07, 6.45) is 4.87. The number of halogens is 3. The molecule has 1 unspecified atom stereocenters. The van der Waals surface area contributed by atoms with Crippen molar-refractivity contribution >= 4 is 40.7 Å². The number of nitrogens with zero attached hydrogens (tertiary/aromatic N) is 1. The van der Waals surface area contributed by atoms with Crippen LogP contribution in [0.15, 0.2) is 22.9 Å². The summed E-state index contributed by atoms with van der Waals surface area (Å²) >= 11 is 3.35. The number of nitrogens with one attached hydrogen (secondary N) is 1. The van der Waals surface area contributed by atoms with Crippen LogP contribution < -0.4 is 10.1 Å². The molecule has 1 aliphatic rings. The number of aromatic nitrogens is 1. The molecule has 0 amide bonds. The van der Waals surface area contributed by atoms with Crippen LogP contribution >= 0.6 is 40.7 Å². The fraction of sp³-hybridized carbons (Fsp3) is 0.444. The minimum Gasteiger partial charge on any atom is -0.487 e. The molecule has 1 aromatic heterocycles. The van der Waals surface area contributed by atoms with Gasteiger partial charge in [-0.25, -0.2) is 0 Å². The van der Waals surface area contributed by atoms with Crippen molar-refractivity contribution in [3.05, 3.63) is 22.9 Å². The second kappa shape index (κ2) is 7.28. The lowest BCUT2D eigenvalue weighted by atomic mass is 10.3. The second-order valence-electron chi connectivity index (χ2n) is 3.07. The first-order valence-corrected chi connectivity index (χ1v) is 5.12. The Kier molecular flexibility index (Phi) is 7.26. The molecule has 1 aromatic rings. The molecular weight excluding hydrogens is 303 g/mol. The molecule has 0 radical (unpaired) electrons. The summed E-state index contributed by atoms with van der Waals surface area (Å²) in [5.41, 5.74) is 0.